The van der Waals surface area contributed by atoms with Crippen molar-refractivity contribution in [2.45, 2.75) is 29.4 Å². The zero-order valence-corrected chi connectivity index (χ0v) is 15.2. The fraction of sp³-hybridized carbons (Fsp3) is 0.538. The molecule has 146 valence electrons. The average Bonchev–Trinajstić information content (AvgIpc) is 2.51. The number of hydrogen-bond donors (Lipinski definition) is 1. The molecule has 0 spiro atoms. The van der Waals surface area contributed by atoms with Crippen LogP contribution >= 0.6 is 0 Å². The summed E-state index contributed by atoms with van der Waals surface area (Å²) >= 11 is 0. The van der Waals surface area contributed by atoms with Gasteiger partial charge in [0, 0.05) is 25.3 Å². The van der Waals surface area contributed by atoms with Crippen LogP contribution in [0.25, 0.3) is 0 Å². The van der Waals surface area contributed by atoms with Gasteiger partial charge in [0.25, 0.3) is 15.7 Å². The van der Waals surface area contributed by atoms with E-state index < -0.39 is 47.9 Å². The maximum absolute atomic E-state index is 12.8. The lowest BCUT2D eigenvalue weighted by Gasteiger charge is -2.33. The van der Waals surface area contributed by atoms with Crippen molar-refractivity contribution in [2.75, 3.05) is 19.3 Å². The van der Waals surface area contributed by atoms with Gasteiger partial charge >= 0.3 is 5.51 Å². The molecule has 0 bridgehead atoms. The summed E-state index contributed by atoms with van der Waals surface area (Å²) in [5.74, 6) is -0.957. The average molecular weight is 415 g/mol. The van der Waals surface area contributed by atoms with Crippen LogP contribution in [0.3, 0.4) is 0 Å². The highest BCUT2D eigenvalue weighted by molar-refractivity contribution is 7.92. The van der Waals surface area contributed by atoms with Gasteiger partial charge in [0.05, 0.1) is 11.8 Å². The Bertz CT molecular complexity index is 900. The Morgan fingerprint density at radius 1 is 1.31 bits per heavy atom. The van der Waals surface area contributed by atoms with Gasteiger partial charge in [-0.15, -0.1) is 0 Å². The summed E-state index contributed by atoms with van der Waals surface area (Å²) in [7, 11) is -9.34. The molecule has 1 aliphatic rings. The fourth-order valence-electron chi connectivity index (χ4n) is 2.61. The molecule has 1 atom stereocenters. The Morgan fingerprint density at radius 2 is 1.96 bits per heavy atom. The number of aromatic nitrogens is 1. The van der Waals surface area contributed by atoms with Gasteiger partial charge in [-0.05, 0) is 25.0 Å². The van der Waals surface area contributed by atoms with E-state index in [1.165, 1.54) is 0 Å². The first-order valence-electron chi connectivity index (χ1n) is 7.36. The number of likely N-dealkylation sites (tertiary alicyclic amines) is 1. The molecular weight excluding hydrogens is 399 g/mol. The summed E-state index contributed by atoms with van der Waals surface area (Å²) in [5.41, 5.74) is -6.30. The van der Waals surface area contributed by atoms with Crippen LogP contribution in [-0.2, 0) is 19.9 Å². The summed E-state index contributed by atoms with van der Waals surface area (Å²) in [6.45, 7) is 0.0630. The van der Waals surface area contributed by atoms with E-state index in [4.69, 9.17) is 0 Å². The van der Waals surface area contributed by atoms with E-state index in [2.05, 4.69) is 9.71 Å². The van der Waals surface area contributed by atoms with Crippen LogP contribution in [0.1, 0.15) is 23.2 Å². The van der Waals surface area contributed by atoms with Crippen molar-refractivity contribution >= 4 is 25.8 Å². The highest BCUT2D eigenvalue weighted by Crippen LogP contribution is 2.31. The smallest absolute Gasteiger partial charge is 0.337 e. The van der Waals surface area contributed by atoms with Gasteiger partial charge in [-0.25, -0.2) is 26.5 Å². The quantitative estimate of drug-likeness (QED) is 0.768. The number of rotatable bonds is 4. The van der Waals surface area contributed by atoms with E-state index in [0.29, 0.717) is 12.8 Å². The minimum Gasteiger partial charge on any atom is -0.337 e. The lowest BCUT2D eigenvalue weighted by atomic mass is 10.1. The molecule has 13 heteroatoms. The molecule has 2 heterocycles. The third-order valence-electron chi connectivity index (χ3n) is 3.65. The zero-order chi connectivity index (χ0) is 19.8. The minimum atomic E-state index is -5.80. The molecule has 26 heavy (non-hydrogen) atoms. The maximum Gasteiger partial charge on any atom is 0.503 e. The summed E-state index contributed by atoms with van der Waals surface area (Å²) in [6, 6.07) is 1.49. The van der Waals surface area contributed by atoms with Crippen molar-refractivity contribution in [3.63, 3.8) is 0 Å². The van der Waals surface area contributed by atoms with Crippen molar-refractivity contribution < 1.29 is 34.8 Å². The number of sulfone groups is 1. The number of amides is 1. The summed E-state index contributed by atoms with van der Waals surface area (Å²) in [4.78, 5) is 16.9. The summed E-state index contributed by atoms with van der Waals surface area (Å²) in [5, 5.41) is -1.37. The minimum absolute atomic E-state index is 0.0910. The standard InChI is InChI=1S/C13H16F3N3O5S2/c1-25(21,22)18-9-4-3-7-19(8-9)12(20)10-5-2-6-17-11(10)26(23,24)13(14,15)16/h2,5-6,9,18H,3-4,7-8H2,1H3. The molecule has 1 N–H and O–H groups in total. The topological polar surface area (TPSA) is 114 Å². The van der Waals surface area contributed by atoms with Crippen LogP contribution in [0.4, 0.5) is 13.2 Å². The number of hydrogen-bond acceptors (Lipinski definition) is 6. The summed E-state index contributed by atoms with van der Waals surface area (Å²) in [6.07, 6.45) is 2.64. The normalized spacial score (nSPS) is 19.4. The molecule has 2 rings (SSSR count). The molecule has 1 amide bonds. The monoisotopic (exact) mass is 415 g/mol. The Morgan fingerprint density at radius 3 is 2.54 bits per heavy atom. The first-order valence-corrected chi connectivity index (χ1v) is 10.7. The van der Waals surface area contributed by atoms with Gasteiger partial charge in [0.1, 0.15) is 0 Å². The van der Waals surface area contributed by atoms with Gasteiger partial charge in [0.15, 0.2) is 5.03 Å². The molecule has 0 aromatic carbocycles. The molecule has 1 fully saturated rings. The number of halogens is 3. The molecule has 0 radical (unpaired) electrons. The lowest BCUT2D eigenvalue weighted by molar-refractivity contribution is -0.0438. The number of carbonyl (C=O) groups is 1. The molecule has 0 saturated carbocycles. The van der Waals surface area contributed by atoms with Gasteiger partial charge in [-0.1, -0.05) is 0 Å². The Kier molecular flexibility index (Phi) is 5.63. The predicted octanol–water partition coefficient (Wildman–Crippen LogP) is 0.529. The second kappa shape index (κ2) is 7.12. The van der Waals surface area contributed by atoms with Crippen LogP contribution in [-0.4, -0.2) is 63.5 Å². The third-order valence-corrected chi connectivity index (χ3v) is 5.86. The Hall–Kier alpha value is -1.73. The van der Waals surface area contributed by atoms with Crippen molar-refractivity contribution in [1.82, 2.24) is 14.6 Å². The van der Waals surface area contributed by atoms with E-state index in [-0.39, 0.29) is 13.1 Å². The van der Waals surface area contributed by atoms with Crippen LogP contribution in [0.2, 0.25) is 0 Å². The number of nitrogens with one attached hydrogen (secondary N) is 1. The molecule has 1 saturated heterocycles. The zero-order valence-electron chi connectivity index (χ0n) is 13.5. The number of sulfonamides is 1. The van der Waals surface area contributed by atoms with E-state index in [0.717, 1.165) is 29.5 Å². The van der Waals surface area contributed by atoms with Crippen LogP contribution in [0.15, 0.2) is 23.4 Å². The SMILES string of the molecule is CS(=O)(=O)NC1CCCN(C(=O)c2cccnc2S(=O)(=O)C(F)(F)F)C1. The van der Waals surface area contributed by atoms with Crippen LogP contribution in [0.5, 0.6) is 0 Å². The fourth-order valence-corrected chi connectivity index (χ4v) is 4.27. The van der Waals surface area contributed by atoms with Crippen LogP contribution < -0.4 is 4.72 Å². The van der Waals surface area contributed by atoms with E-state index in [1.807, 2.05) is 0 Å². The number of carbonyl (C=O) groups excluding carboxylic acids is 1. The van der Waals surface area contributed by atoms with Crippen molar-refractivity contribution in [1.29, 1.82) is 0 Å². The highest BCUT2D eigenvalue weighted by atomic mass is 32.2. The Balaban J connectivity index is 2.34. The second-order valence-corrected chi connectivity index (χ2v) is 9.42. The first-order chi connectivity index (χ1) is 11.8. The highest BCUT2D eigenvalue weighted by Gasteiger charge is 2.49. The third kappa shape index (κ3) is 4.51. The maximum atomic E-state index is 12.8. The van der Waals surface area contributed by atoms with E-state index in [1.54, 1.807) is 0 Å². The predicted molar refractivity (Wildman–Crippen MR) is 84.4 cm³/mol. The number of pyridine rings is 1. The van der Waals surface area contributed by atoms with Gasteiger partial charge in [-0.2, -0.15) is 13.2 Å². The molecule has 1 unspecified atom stereocenters. The summed E-state index contributed by atoms with van der Waals surface area (Å²) < 4.78 is 86.8. The number of alkyl halides is 3. The Labute approximate surface area is 148 Å². The van der Waals surface area contributed by atoms with E-state index >= 15 is 0 Å². The van der Waals surface area contributed by atoms with E-state index in [9.17, 15) is 34.8 Å². The molecule has 8 nitrogen and oxygen atoms in total. The lowest BCUT2D eigenvalue weighted by Crippen LogP contribution is -2.49. The largest absolute Gasteiger partial charge is 0.503 e. The van der Waals surface area contributed by atoms with Gasteiger partial charge in [0.2, 0.25) is 10.0 Å². The van der Waals surface area contributed by atoms with Gasteiger partial charge in [-0.3, -0.25) is 4.79 Å². The second-order valence-electron chi connectivity index (χ2n) is 5.79. The van der Waals surface area contributed by atoms with Crippen molar-refractivity contribution in [3.8, 4) is 0 Å². The van der Waals surface area contributed by atoms with Crippen LogP contribution in [0, 0.1) is 0 Å². The molecule has 1 aromatic rings. The molecular formula is C13H16F3N3O5S2. The van der Waals surface area contributed by atoms with Crippen molar-refractivity contribution in [2.24, 2.45) is 0 Å². The van der Waals surface area contributed by atoms with Gasteiger partial charge < -0.3 is 4.90 Å². The number of nitrogens with zero attached hydrogens (tertiary/aromatic N) is 2. The molecule has 0 aliphatic carbocycles. The molecule has 1 aliphatic heterocycles. The number of piperidine rings is 1. The first kappa shape index (κ1) is 20.6. The van der Waals surface area contributed by atoms with Crippen molar-refractivity contribution in [3.05, 3.63) is 23.9 Å². The molecule has 1 aromatic heterocycles.